The third kappa shape index (κ3) is 3.31. The molecule has 3 rings (SSSR count). The van der Waals surface area contributed by atoms with E-state index in [1.54, 1.807) is 11.8 Å². The normalized spacial score (nSPS) is 10.8. The Kier molecular flexibility index (Phi) is 4.32. The molecule has 2 nitrogen and oxygen atoms in total. The molecular formula is C17H15ClN2S. The van der Waals surface area contributed by atoms with E-state index in [-0.39, 0.29) is 0 Å². The Morgan fingerprint density at radius 1 is 1.05 bits per heavy atom. The van der Waals surface area contributed by atoms with E-state index in [1.807, 2.05) is 36.5 Å². The summed E-state index contributed by atoms with van der Waals surface area (Å²) in [5.41, 5.74) is 2.45. The summed E-state index contributed by atoms with van der Waals surface area (Å²) < 4.78 is 2.18. The van der Waals surface area contributed by atoms with Crippen LogP contribution in [0.3, 0.4) is 0 Å². The van der Waals surface area contributed by atoms with Gasteiger partial charge in [-0.3, -0.25) is 4.57 Å². The van der Waals surface area contributed by atoms with Gasteiger partial charge in [-0.2, -0.15) is 0 Å². The van der Waals surface area contributed by atoms with Crippen LogP contribution in [0.4, 0.5) is 0 Å². The van der Waals surface area contributed by atoms with Crippen LogP contribution in [-0.4, -0.2) is 9.55 Å². The number of thioether (sulfide) groups is 1. The maximum absolute atomic E-state index is 5.92. The summed E-state index contributed by atoms with van der Waals surface area (Å²) in [6.07, 6.45) is 1.82. The van der Waals surface area contributed by atoms with Gasteiger partial charge < -0.3 is 0 Å². The standard InChI is InChI=1S/C17H15ClN2S/c1-13-5-10-17(20(13)16-4-2-3-11-19-16)21-12-14-6-8-15(18)9-7-14/h2-11H,12H2,1H3. The van der Waals surface area contributed by atoms with Gasteiger partial charge in [-0.25, -0.2) is 4.98 Å². The smallest absolute Gasteiger partial charge is 0.137 e. The molecular weight excluding hydrogens is 300 g/mol. The Bertz CT molecular complexity index is 720. The summed E-state index contributed by atoms with van der Waals surface area (Å²) >= 11 is 7.72. The summed E-state index contributed by atoms with van der Waals surface area (Å²) in [6, 6.07) is 18.2. The van der Waals surface area contributed by atoms with Gasteiger partial charge in [-0.05, 0) is 48.9 Å². The maximum Gasteiger partial charge on any atom is 0.137 e. The fourth-order valence-electron chi connectivity index (χ4n) is 2.14. The van der Waals surface area contributed by atoms with E-state index >= 15 is 0 Å². The lowest BCUT2D eigenvalue weighted by Crippen LogP contribution is -2.00. The van der Waals surface area contributed by atoms with Crippen LogP contribution in [0.15, 0.2) is 65.8 Å². The Morgan fingerprint density at radius 3 is 2.57 bits per heavy atom. The van der Waals surface area contributed by atoms with Gasteiger partial charge in [-0.1, -0.05) is 29.8 Å². The van der Waals surface area contributed by atoms with Crippen LogP contribution in [-0.2, 0) is 5.75 Å². The third-order valence-corrected chi connectivity index (χ3v) is 4.56. The molecule has 0 fully saturated rings. The monoisotopic (exact) mass is 314 g/mol. The SMILES string of the molecule is Cc1ccc(SCc2ccc(Cl)cc2)n1-c1ccccn1. The van der Waals surface area contributed by atoms with Gasteiger partial charge in [0, 0.05) is 22.7 Å². The first-order valence-electron chi connectivity index (χ1n) is 6.71. The second-order valence-electron chi connectivity index (χ2n) is 4.75. The van der Waals surface area contributed by atoms with E-state index < -0.39 is 0 Å². The van der Waals surface area contributed by atoms with Gasteiger partial charge in [0.25, 0.3) is 0 Å². The van der Waals surface area contributed by atoms with Crippen molar-refractivity contribution in [3.63, 3.8) is 0 Å². The first-order chi connectivity index (χ1) is 10.2. The fraction of sp³-hybridized carbons (Fsp3) is 0.118. The number of hydrogen-bond acceptors (Lipinski definition) is 2. The molecule has 106 valence electrons. The van der Waals surface area contributed by atoms with Crippen molar-refractivity contribution in [1.82, 2.24) is 9.55 Å². The average Bonchev–Trinajstić information content (AvgIpc) is 2.88. The highest BCUT2D eigenvalue weighted by Gasteiger charge is 2.08. The van der Waals surface area contributed by atoms with Crippen molar-refractivity contribution in [2.75, 3.05) is 0 Å². The Hall–Kier alpha value is -1.71. The lowest BCUT2D eigenvalue weighted by Gasteiger charge is -2.10. The van der Waals surface area contributed by atoms with Gasteiger partial charge in [0.2, 0.25) is 0 Å². The number of benzene rings is 1. The number of halogens is 1. The molecule has 1 aromatic carbocycles. The molecule has 2 aromatic heterocycles. The molecule has 21 heavy (non-hydrogen) atoms. The molecule has 0 radical (unpaired) electrons. The van der Waals surface area contributed by atoms with Crippen molar-refractivity contribution >= 4 is 23.4 Å². The summed E-state index contributed by atoms with van der Waals surface area (Å²) in [5.74, 6) is 1.87. The summed E-state index contributed by atoms with van der Waals surface area (Å²) in [4.78, 5) is 4.44. The molecule has 0 amide bonds. The number of pyridine rings is 1. The molecule has 0 aliphatic rings. The number of rotatable bonds is 4. The van der Waals surface area contributed by atoms with E-state index in [2.05, 4.69) is 40.7 Å². The molecule has 0 bridgehead atoms. The average molecular weight is 315 g/mol. The number of aryl methyl sites for hydroxylation is 1. The lowest BCUT2D eigenvalue weighted by atomic mass is 10.2. The van der Waals surface area contributed by atoms with Crippen LogP contribution >= 0.6 is 23.4 Å². The highest BCUT2D eigenvalue weighted by atomic mass is 35.5. The van der Waals surface area contributed by atoms with E-state index in [0.29, 0.717) is 0 Å². The highest BCUT2D eigenvalue weighted by Crippen LogP contribution is 2.28. The van der Waals surface area contributed by atoms with Crippen LogP contribution in [0.25, 0.3) is 5.82 Å². The topological polar surface area (TPSA) is 17.8 Å². The van der Waals surface area contributed by atoms with Crippen LogP contribution in [0.1, 0.15) is 11.3 Å². The summed E-state index contributed by atoms with van der Waals surface area (Å²) in [7, 11) is 0. The molecule has 0 aliphatic heterocycles. The van der Waals surface area contributed by atoms with Gasteiger partial charge in [-0.15, -0.1) is 11.8 Å². The molecule has 0 atom stereocenters. The van der Waals surface area contributed by atoms with Crippen molar-refractivity contribution in [3.8, 4) is 5.82 Å². The largest absolute Gasteiger partial charge is 0.293 e. The predicted octanol–water partition coefficient (Wildman–Crippen LogP) is 5.13. The summed E-state index contributed by atoms with van der Waals surface area (Å²) in [6.45, 7) is 2.10. The van der Waals surface area contributed by atoms with Crippen LogP contribution in [0, 0.1) is 6.92 Å². The van der Waals surface area contributed by atoms with E-state index in [1.165, 1.54) is 16.3 Å². The first kappa shape index (κ1) is 14.2. The van der Waals surface area contributed by atoms with Crippen molar-refractivity contribution in [2.24, 2.45) is 0 Å². The second kappa shape index (κ2) is 6.37. The fourth-order valence-corrected chi connectivity index (χ4v) is 3.31. The van der Waals surface area contributed by atoms with E-state index in [4.69, 9.17) is 11.6 Å². The minimum atomic E-state index is 0.774. The minimum Gasteiger partial charge on any atom is -0.293 e. The molecule has 4 heteroatoms. The van der Waals surface area contributed by atoms with Crippen molar-refractivity contribution in [3.05, 3.63) is 77.1 Å². The van der Waals surface area contributed by atoms with Crippen LogP contribution in [0.2, 0.25) is 5.02 Å². The van der Waals surface area contributed by atoms with Crippen molar-refractivity contribution < 1.29 is 0 Å². The maximum atomic E-state index is 5.92. The number of nitrogens with zero attached hydrogens (tertiary/aromatic N) is 2. The molecule has 0 spiro atoms. The zero-order valence-electron chi connectivity index (χ0n) is 11.7. The second-order valence-corrected chi connectivity index (χ2v) is 6.18. The quantitative estimate of drug-likeness (QED) is 0.621. The minimum absolute atomic E-state index is 0.774. The molecule has 0 N–H and O–H groups in total. The number of hydrogen-bond donors (Lipinski definition) is 0. The van der Waals surface area contributed by atoms with Crippen molar-refractivity contribution in [2.45, 2.75) is 17.7 Å². The highest BCUT2D eigenvalue weighted by molar-refractivity contribution is 7.98. The molecule has 0 saturated carbocycles. The Morgan fingerprint density at radius 2 is 1.86 bits per heavy atom. The van der Waals surface area contributed by atoms with E-state index in [0.717, 1.165) is 16.6 Å². The third-order valence-electron chi connectivity index (χ3n) is 3.22. The first-order valence-corrected chi connectivity index (χ1v) is 8.07. The molecule has 2 heterocycles. The zero-order chi connectivity index (χ0) is 14.7. The Balaban J connectivity index is 1.82. The van der Waals surface area contributed by atoms with Gasteiger partial charge in [0.15, 0.2) is 0 Å². The zero-order valence-corrected chi connectivity index (χ0v) is 13.2. The molecule has 0 saturated heterocycles. The van der Waals surface area contributed by atoms with Gasteiger partial charge in [0.1, 0.15) is 5.82 Å². The molecule has 3 aromatic rings. The Labute approximate surface area is 133 Å². The summed E-state index contributed by atoms with van der Waals surface area (Å²) in [5, 5.41) is 1.97. The van der Waals surface area contributed by atoms with Crippen LogP contribution < -0.4 is 0 Å². The number of aromatic nitrogens is 2. The van der Waals surface area contributed by atoms with Gasteiger partial charge >= 0.3 is 0 Å². The molecule has 0 aliphatic carbocycles. The van der Waals surface area contributed by atoms with Crippen molar-refractivity contribution in [1.29, 1.82) is 0 Å². The van der Waals surface area contributed by atoms with E-state index in [9.17, 15) is 0 Å². The van der Waals surface area contributed by atoms with Gasteiger partial charge in [0.05, 0.1) is 5.03 Å². The molecule has 0 unspecified atom stereocenters. The lowest BCUT2D eigenvalue weighted by molar-refractivity contribution is 0.875. The predicted molar refractivity (Wildman–Crippen MR) is 89.3 cm³/mol. The van der Waals surface area contributed by atoms with Crippen LogP contribution in [0.5, 0.6) is 0 Å².